The zero-order valence-electron chi connectivity index (χ0n) is 13.7. The molecule has 120 valence electrons. The summed E-state index contributed by atoms with van der Waals surface area (Å²) in [5, 5.41) is 10.6. The molecule has 2 aromatic rings. The van der Waals surface area contributed by atoms with Gasteiger partial charge in [0.15, 0.2) is 0 Å². The van der Waals surface area contributed by atoms with Crippen LogP contribution in [-0.4, -0.2) is 29.6 Å². The molecule has 0 spiro atoms. The van der Waals surface area contributed by atoms with Crippen LogP contribution in [0.25, 0.3) is 11.1 Å². The Morgan fingerprint density at radius 2 is 1.61 bits per heavy atom. The van der Waals surface area contributed by atoms with Crippen molar-refractivity contribution in [2.45, 2.75) is 38.2 Å². The fourth-order valence-corrected chi connectivity index (χ4v) is 4.05. The highest BCUT2D eigenvalue weighted by Gasteiger charge is 2.19. The van der Waals surface area contributed by atoms with Gasteiger partial charge in [0.1, 0.15) is 0 Å². The molecule has 0 aromatic heterocycles. The predicted octanol–water partition coefficient (Wildman–Crippen LogP) is 3.97. The van der Waals surface area contributed by atoms with Crippen molar-refractivity contribution in [3.63, 3.8) is 0 Å². The summed E-state index contributed by atoms with van der Waals surface area (Å²) in [5.74, 6) is 0. The lowest BCUT2D eigenvalue weighted by atomic mass is 9.84. The van der Waals surface area contributed by atoms with Gasteiger partial charge in [-0.2, -0.15) is 0 Å². The number of benzene rings is 2. The second kappa shape index (κ2) is 6.46. The van der Waals surface area contributed by atoms with Gasteiger partial charge < -0.3 is 10.0 Å². The van der Waals surface area contributed by atoms with Crippen LogP contribution in [0.1, 0.15) is 42.1 Å². The van der Waals surface area contributed by atoms with Crippen LogP contribution in [0.3, 0.4) is 0 Å². The Labute approximate surface area is 138 Å². The molecule has 1 N–H and O–H groups in total. The van der Waals surface area contributed by atoms with Gasteiger partial charge >= 0.3 is 0 Å². The first-order valence-electron chi connectivity index (χ1n) is 8.93. The molecular formula is C21H25NO. The zero-order valence-corrected chi connectivity index (χ0v) is 13.7. The van der Waals surface area contributed by atoms with Crippen LogP contribution in [0.2, 0.25) is 0 Å². The van der Waals surface area contributed by atoms with Gasteiger partial charge in [0, 0.05) is 6.54 Å². The first kappa shape index (κ1) is 14.9. The lowest BCUT2D eigenvalue weighted by Gasteiger charge is -2.29. The van der Waals surface area contributed by atoms with E-state index in [4.69, 9.17) is 0 Å². The van der Waals surface area contributed by atoms with E-state index in [0.717, 1.165) is 38.0 Å². The molecule has 4 rings (SSSR count). The molecule has 0 bridgehead atoms. The number of rotatable bonds is 3. The van der Waals surface area contributed by atoms with Gasteiger partial charge in [-0.25, -0.2) is 0 Å². The smallest absolute Gasteiger partial charge is 0.0917 e. The van der Waals surface area contributed by atoms with Crippen LogP contribution in [0, 0.1) is 0 Å². The fourth-order valence-electron chi connectivity index (χ4n) is 4.05. The van der Waals surface area contributed by atoms with E-state index >= 15 is 0 Å². The number of piperidine rings is 1. The molecule has 1 fully saturated rings. The van der Waals surface area contributed by atoms with Crippen molar-refractivity contribution in [1.29, 1.82) is 0 Å². The summed E-state index contributed by atoms with van der Waals surface area (Å²) >= 11 is 0. The Bertz CT molecular complexity index is 688. The Hall–Kier alpha value is -1.64. The summed E-state index contributed by atoms with van der Waals surface area (Å²) < 4.78 is 0. The molecule has 2 aromatic carbocycles. The molecule has 2 nitrogen and oxygen atoms in total. The second-order valence-corrected chi connectivity index (χ2v) is 6.95. The lowest BCUT2D eigenvalue weighted by molar-refractivity contribution is 0.101. The summed E-state index contributed by atoms with van der Waals surface area (Å²) in [6, 6.07) is 15.3. The zero-order chi connectivity index (χ0) is 15.6. The van der Waals surface area contributed by atoms with Crippen LogP contribution >= 0.6 is 0 Å². The first-order valence-corrected chi connectivity index (χ1v) is 8.93. The topological polar surface area (TPSA) is 23.5 Å². The Balaban J connectivity index is 1.56. The number of hydrogen-bond acceptors (Lipinski definition) is 2. The predicted molar refractivity (Wildman–Crippen MR) is 94.5 cm³/mol. The molecule has 1 saturated heterocycles. The van der Waals surface area contributed by atoms with Crippen LogP contribution in [0.15, 0.2) is 42.5 Å². The van der Waals surface area contributed by atoms with Gasteiger partial charge in [-0.15, -0.1) is 0 Å². The second-order valence-electron chi connectivity index (χ2n) is 6.95. The SMILES string of the molecule is OC(CN1CCCCC1)c1ccc2c(c1)CCc1ccccc1-2. The van der Waals surface area contributed by atoms with Crippen molar-refractivity contribution in [2.24, 2.45) is 0 Å². The molecule has 1 aliphatic heterocycles. The van der Waals surface area contributed by atoms with Crippen molar-refractivity contribution in [3.8, 4) is 11.1 Å². The molecule has 1 unspecified atom stereocenters. The number of aliphatic hydroxyl groups excluding tert-OH is 1. The highest BCUT2D eigenvalue weighted by atomic mass is 16.3. The number of β-amino-alcohol motifs (C(OH)–C–C–N with tert-alkyl or cyclic N) is 1. The molecule has 1 heterocycles. The van der Waals surface area contributed by atoms with Gasteiger partial charge in [0.25, 0.3) is 0 Å². The minimum atomic E-state index is -0.365. The minimum Gasteiger partial charge on any atom is -0.387 e. The van der Waals surface area contributed by atoms with Crippen molar-refractivity contribution in [2.75, 3.05) is 19.6 Å². The van der Waals surface area contributed by atoms with Crippen LogP contribution in [-0.2, 0) is 12.8 Å². The highest BCUT2D eigenvalue weighted by Crippen LogP contribution is 2.34. The van der Waals surface area contributed by atoms with Crippen molar-refractivity contribution in [3.05, 3.63) is 59.2 Å². The van der Waals surface area contributed by atoms with Gasteiger partial charge in [0.2, 0.25) is 0 Å². The van der Waals surface area contributed by atoms with E-state index in [1.54, 1.807) is 0 Å². The van der Waals surface area contributed by atoms with Gasteiger partial charge in [-0.3, -0.25) is 0 Å². The standard InChI is InChI=1S/C21H25NO/c23-21(15-22-12-4-1-5-13-22)18-10-11-20-17(14-18)9-8-16-6-2-3-7-19(16)20/h2-3,6-7,10-11,14,21,23H,1,4-5,8-9,12-13,15H2. The summed E-state index contributed by atoms with van der Waals surface area (Å²) in [4.78, 5) is 2.41. The lowest BCUT2D eigenvalue weighted by Crippen LogP contribution is -2.33. The third-order valence-corrected chi connectivity index (χ3v) is 5.37. The number of fused-ring (bicyclic) bond motifs is 3. The van der Waals surface area contributed by atoms with E-state index in [0.29, 0.717) is 0 Å². The van der Waals surface area contributed by atoms with E-state index in [-0.39, 0.29) is 6.10 Å². The molecule has 1 atom stereocenters. The monoisotopic (exact) mass is 307 g/mol. The number of likely N-dealkylation sites (tertiary alicyclic amines) is 1. The molecule has 2 heteroatoms. The Kier molecular flexibility index (Phi) is 4.19. The minimum absolute atomic E-state index is 0.365. The van der Waals surface area contributed by atoms with Gasteiger partial charge in [0.05, 0.1) is 6.10 Å². The van der Waals surface area contributed by atoms with E-state index in [1.807, 2.05) is 0 Å². The molecule has 0 saturated carbocycles. The summed E-state index contributed by atoms with van der Waals surface area (Å²) in [5.41, 5.74) is 6.63. The van der Waals surface area contributed by atoms with Crippen molar-refractivity contribution in [1.82, 2.24) is 4.90 Å². The fraction of sp³-hybridized carbons (Fsp3) is 0.429. The van der Waals surface area contributed by atoms with Gasteiger partial charge in [-0.05, 0) is 66.6 Å². The molecule has 0 amide bonds. The van der Waals surface area contributed by atoms with Crippen LogP contribution in [0.4, 0.5) is 0 Å². The summed E-state index contributed by atoms with van der Waals surface area (Å²) in [7, 11) is 0. The molecule has 0 radical (unpaired) electrons. The average molecular weight is 307 g/mol. The highest BCUT2D eigenvalue weighted by molar-refractivity contribution is 5.73. The van der Waals surface area contributed by atoms with Gasteiger partial charge in [-0.1, -0.05) is 48.9 Å². The van der Waals surface area contributed by atoms with E-state index in [1.165, 1.54) is 41.5 Å². The molecule has 23 heavy (non-hydrogen) atoms. The maximum absolute atomic E-state index is 10.6. The van der Waals surface area contributed by atoms with Crippen LogP contribution in [0.5, 0.6) is 0 Å². The average Bonchev–Trinajstić information content (AvgIpc) is 2.62. The third kappa shape index (κ3) is 3.06. The summed E-state index contributed by atoms with van der Waals surface area (Å²) in [6.07, 6.45) is 5.70. The van der Waals surface area contributed by atoms with E-state index < -0.39 is 0 Å². The maximum atomic E-state index is 10.6. The normalized spacial score (nSPS) is 19.0. The molecule has 1 aliphatic carbocycles. The van der Waals surface area contributed by atoms with Crippen molar-refractivity contribution < 1.29 is 5.11 Å². The first-order chi connectivity index (χ1) is 11.3. The number of nitrogens with zero attached hydrogens (tertiary/aromatic N) is 1. The number of hydrogen-bond donors (Lipinski definition) is 1. The van der Waals surface area contributed by atoms with Crippen molar-refractivity contribution >= 4 is 0 Å². The number of aliphatic hydroxyl groups is 1. The van der Waals surface area contributed by atoms with E-state index in [2.05, 4.69) is 47.4 Å². The summed E-state index contributed by atoms with van der Waals surface area (Å²) in [6.45, 7) is 3.04. The third-order valence-electron chi connectivity index (χ3n) is 5.37. The quantitative estimate of drug-likeness (QED) is 0.927. The van der Waals surface area contributed by atoms with E-state index in [9.17, 15) is 5.11 Å². The van der Waals surface area contributed by atoms with Crippen LogP contribution < -0.4 is 0 Å². The molecular weight excluding hydrogens is 282 g/mol. The number of aryl methyl sites for hydroxylation is 2. The largest absolute Gasteiger partial charge is 0.387 e. The Morgan fingerprint density at radius 1 is 0.870 bits per heavy atom. The Morgan fingerprint density at radius 3 is 2.48 bits per heavy atom. The maximum Gasteiger partial charge on any atom is 0.0917 e. The molecule has 2 aliphatic rings.